The smallest absolute Gasteiger partial charge is 0.0991 e. The van der Waals surface area contributed by atoms with E-state index >= 15 is 0 Å². The molecular formula is C9H6NS. The molecule has 53 valence electrons. The Morgan fingerprint density at radius 1 is 1.45 bits per heavy atom. The minimum atomic E-state index is 0.630. The molecule has 0 fully saturated rings. The Morgan fingerprint density at radius 3 is 2.91 bits per heavy atom. The van der Waals surface area contributed by atoms with Crippen molar-refractivity contribution >= 4 is 17.6 Å². The van der Waals surface area contributed by atoms with Gasteiger partial charge in [-0.05, 0) is 17.7 Å². The summed E-state index contributed by atoms with van der Waals surface area (Å²) in [5, 5.41) is 11.1. The molecule has 0 aromatic heterocycles. The first kappa shape index (κ1) is 7.90. The minimum Gasteiger partial charge on any atom is -0.192 e. The first-order valence-electron chi connectivity index (χ1n) is 3.21. The van der Waals surface area contributed by atoms with Crippen LogP contribution < -0.4 is 0 Å². The highest BCUT2D eigenvalue weighted by atomic mass is 32.1. The molecule has 0 aliphatic heterocycles. The number of hydrogen-bond acceptors (Lipinski definition) is 2. The summed E-state index contributed by atoms with van der Waals surface area (Å²) in [4.78, 5) is 0. The van der Waals surface area contributed by atoms with Crippen LogP contribution in [-0.4, -0.2) is 5.37 Å². The first-order chi connectivity index (χ1) is 5.36. The van der Waals surface area contributed by atoms with Crippen LogP contribution >= 0.6 is 12.2 Å². The van der Waals surface area contributed by atoms with Gasteiger partial charge in [-0.2, -0.15) is 5.26 Å². The fourth-order valence-corrected chi connectivity index (χ4v) is 1.00. The van der Waals surface area contributed by atoms with Gasteiger partial charge in [0, 0.05) is 11.8 Å². The van der Waals surface area contributed by atoms with Crippen LogP contribution in [-0.2, 0) is 6.42 Å². The molecule has 0 aliphatic carbocycles. The largest absolute Gasteiger partial charge is 0.192 e. The summed E-state index contributed by atoms with van der Waals surface area (Å²) in [7, 11) is 0. The molecule has 1 aromatic carbocycles. The molecule has 0 atom stereocenters. The normalized spacial score (nSPS) is 8.64. The van der Waals surface area contributed by atoms with Crippen LogP contribution in [0.15, 0.2) is 24.3 Å². The highest BCUT2D eigenvalue weighted by Crippen LogP contribution is 2.03. The summed E-state index contributed by atoms with van der Waals surface area (Å²) < 4.78 is 0. The van der Waals surface area contributed by atoms with E-state index in [-0.39, 0.29) is 0 Å². The van der Waals surface area contributed by atoms with Crippen LogP contribution in [0.1, 0.15) is 11.1 Å². The standard InChI is InChI=1S/C9H6NS/c10-7-9-3-1-2-8(6-9)4-5-11/h1-3,6H,4H2. The molecule has 0 saturated heterocycles. The van der Waals surface area contributed by atoms with E-state index in [1.807, 2.05) is 18.2 Å². The van der Waals surface area contributed by atoms with Crippen LogP contribution in [0.5, 0.6) is 0 Å². The molecule has 0 bridgehead atoms. The van der Waals surface area contributed by atoms with E-state index in [1.165, 1.54) is 0 Å². The first-order valence-corrected chi connectivity index (χ1v) is 3.61. The van der Waals surface area contributed by atoms with Gasteiger partial charge in [0.1, 0.15) is 0 Å². The zero-order valence-electron chi connectivity index (χ0n) is 5.87. The lowest BCUT2D eigenvalue weighted by Crippen LogP contribution is -1.84. The Labute approximate surface area is 71.3 Å². The van der Waals surface area contributed by atoms with Crippen molar-refractivity contribution in [2.45, 2.75) is 6.42 Å². The second-order valence-electron chi connectivity index (χ2n) is 2.13. The summed E-state index contributed by atoms with van der Waals surface area (Å²) >= 11 is 4.58. The summed E-state index contributed by atoms with van der Waals surface area (Å²) in [5.41, 5.74) is 1.71. The molecule has 1 aromatic rings. The Kier molecular flexibility index (Phi) is 2.76. The number of hydrogen-bond donors (Lipinski definition) is 0. The monoisotopic (exact) mass is 160 g/mol. The molecule has 0 N–H and O–H groups in total. The quantitative estimate of drug-likeness (QED) is 0.618. The summed E-state index contributed by atoms with van der Waals surface area (Å²) in [6, 6.07) is 9.43. The molecule has 11 heavy (non-hydrogen) atoms. The Hall–Kier alpha value is -1.20. The third-order valence-corrected chi connectivity index (χ3v) is 1.48. The van der Waals surface area contributed by atoms with E-state index < -0.39 is 0 Å². The van der Waals surface area contributed by atoms with Crippen LogP contribution in [0.4, 0.5) is 0 Å². The molecule has 0 spiro atoms. The number of benzene rings is 1. The Morgan fingerprint density at radius 2 is 2.27 bits per heavy atom. The van der Waals surface area contributed by atoms with Crippen molar-refractivity contribution in [1.29, 1.82) is 5.26 Å². The second kappa shape index (κ2) is 3.85. The number of nitrogens with zero attached hydrogens (tertiary/aromatic N) is 1. The summed E-state index contributed by atoms with van der Waals surface area (Å²) in [6.07, 6.45) is 0.630. The lowest BCUT2D eigenvalue weighted by atomic mass is 10.1. The van der Waals surface area contributed by atoms with Crippen molar-refractivity contribution in [3.63, 3.8) is 0 Å². The maximum absolute atomic E-state index is 8.53. The van der Waals surface area contributed by atoms with Crippen LogP contribution in [0.25, 0.3) is 0 Å². The lowest BCUT2D eigenvalue weighted by molar-refractivity contribution is 1.36. The fraction of sp³-hybridized carbons (Fsp3) is 0.111. The molecule has 2 heteroatoms. The van der Waals surface area contributed by atoms with E-state index in [4.69, 9.17) is 5.26 Å². The van der Waals surface area contributed by atoms with Gasteiger partial charge in [0.25, 0.3) is 0 Å². The summed E-state index contributed by atoms with van der Waals surface area (Å²) in [6.45, 7) is 0. The van der Waals surface area contributed by atoms with Gasteiger partial charge in [0.15, 0.2) is 0 Å². The van der Waals surface area contributed by atoms with E-state index in [0.717, 1.165) is 5.56 Å². The van der Waals surface area contributed by atoms with E-state index in [0.29, 0.717) is 12.0 Å². The van der Waals surface area contributed by atoms with Crippen molar-refractivity contribution in [1.82, 2.24) is 0 Å². The minimum absolute atomic E-state index is 0.630. The molecular weight excluding hydrogens is 154 g/mol. The molecule has 1 radical (unpaired) electrons. The van der Waals surface area contributed by atoms with Gasteiger partial charge in [0.05, 0.1) is 11.6 Å². The number of nitriles is 1. The van der Waals surface area contributed by atoms with Crippen molar-refractivity contribution in [3.8, 4) is 6.07 Å². The van der Waals surface area contributed by atoms with Gasteiger partial charge in [-0.15, -0.1) is 0 Å². The Bertz CT molecular complexity index is 299. The molecule has 0 saturated carbocycles. The highest BCUT2D eigenvalue weighted by Gasteiger charge is 1.91. The molecule has 0 amide bonds. The van der Waals surface area contributed by atoms with Gasteiger partial charge in [-0.1, -0.05) is 24.4 Å². The predicted molar refractivity (Wildman–Crippen MR) is 47.5 cm³/mol. The van der Waals surface area contributed by atoms with Crippen LogP contribution in [0, 0.1) is 11.3 Å². The average molecular weight is 160 g/mol. The van der Waals surface area contributed by atoms with Gasteiger partial charge >= 0.3 is 0 Å². The molecule has 0 aliphatic rings. The predicted octanol–water partition coefficient (Wildman–Crippen LogP) is 1.98. The highest BCUT2D eigenvalue weighted by molar-refractivity contribution is 7.78. The third-order valence-electron chi connectivity index (χ3n) is 1.33. The van der Waals surface area contributed by atoms with Crippen molar-refractivity contribution in [2.75, 3.05) is 0 Å². The Balaban J connectivity index is 2.93. The van der Waals surface area contributed by atoms with Crippen molar-refractivity contribution < 1.29 is 0 Å². The van der Waals surface area contributed by atoms with Gasteiger partial charge in [0.2, 0.25) is 0 Å². The lowest BCUT2D eigenvalue weighted by Gasteiger charge is -1.93. The van der Waals surface area contributed by atoms with Gasteiger partial charge < -0.3 is 0 Å². The van der Waals surface area contributed by atoms with Crippen molar-refractivity contribution in [2.24, 2.45) is 0 Å². The van der Waals surface area contributed by atoms with E-state index in [1.54, 1.807) is 6.07 Å². The molecule has 1 rings (SSSR count). The topological polar surface area (TPSA) is 23.8 Å². The van der Waals surface area contributed by atoms with Crippen molar-refractivity contribution in [3.05, 3.63) is 35.4 Å². The summed E-state index contributed by atoms with van der Waals surface area (Å²) in [5.74, 6) is 0. The zero-order valence-corrected chi connectivity index (χ0v) is 6.69. The van der Waals surface area contributed by atoms with E-state index in [2.05, 4.69) is 23.7 Å². The average Bonchev–Trinajstić information content (AvgIpc) is 2.06. The molecule has 0 unspecified atom stereocenters. The van der Waals surface area contributed by atoms with E-state index in [9.17, 15) is 0 Å². The molecule has 0 heterocycles. The van der Waals surface area contributed by atoms with Crippen LogP contribution in [0.2, 0.25) is 0 Å². The van der Waals surface area contributed by atoms with Gasteiger partial charge in [-0.25, -0.2) is 0 Å². The maximum atomic E-state index is 8.53. The van der Waals surface area contributed by atoms with Gasteiger partial charge in [-0.3, -0.25) is 0 Å². The number of rotatable bonds is 2. The third kappa shape index (κ3) is 2.14. The number of thiocarbonyl (C=S) groups is 1. The molecule has 1 nitrogen and oxygen atoms in total. The fourth-order valence-electron chi connectivity index (χ4n) is 0.834. The van der Waals surface area contributed by atoms with Crippen LogP contribution in [0.3, 0.4) is 0 Å². The zero-order chi connectivity index (χ0) is 8.10. The SMILES string of the molecule is N#Cc1cccc(C[C]=S)c1. The second-order valence-corrected chi connectivity index (χ2v) is 2.42. The maximum Gasteiger partial charge on any atom is 0.0991 e.